The van der Waals surface area contributed by atoms with Crippen molar-refractivity contribution < 1.29 is 14.6 Å². The fourth-order valence-electron chi connectivity index (χ4n) is 3.00. The van der Waals surface area contributed by atoms with Gasteiger partial charge in [0.1, 0.15) is 5.75 Å². The van der Waals surface area contributed by atoms with Gasteiger partial charge in [0.25, 0.3) is 0 Å². The first-order chi connectivity index (χ1) is 9.95. The van der Waals surface area contributed by atoms with Crippen LogP contribution in [0.3, 0.4) is 0 Å². The number of hydrogen-bond donors (Lipinski definition) is 1. The molecule has 0 aliphatic carbocycles. The number of unbranched alkanes of at least 4 members (excludes halogenated alkanes) is 2. The van der Waals surface area contributed by atoms with E-state index in [1.807, 2.05) is 12.1 Å². The van der Waals surface area contributed by atoms with Gasteiger partial charge in [0.2, 0.25) is 0 Å². The molecule has 3 nitrogen and oxygen atoms in total. The van der Waals surface area contributed by atoms with Gasteiger partial charge in [0, 0.05) is 5.56 Å². The predicted molar refractivity (Wildman–Crippen MR) is 84.1 cm³/mol. The van der Waals surface area contributed by atoms with Gasteiger partial charge in [0.05, 0.1) is 12.5 Å². The summed E-state index contributed by atoms with van der Waals surface area (Å²) >= 11 is 0. The van der Waals surface area contributed by atoms with Crippen molar-refractivity contribution in [2.24, 2.45) is 0 Å². The van der Waals surface area contributed by atoms with Gasteiger partial charge < -0.3 is 9.84 Å². The molecule has 2 rings (SSSR count). The lowest BCUT2D eigenvalue weighted by atomic mass is 9.78. The molecule has 0 spiro atoms. The van der Waals surface area contributed by atoms with Crippen LogP contribution in [0.25, 0.3) is 0 Å². The van der Waals surface area contributed by atoms with Crippen LogP contribution in [0.4, 0.5) is 0 Å². The Hall–Kier alpha value is -1.51. The van der Waals surface area contributed by atoms with E-state index in [9.17, 15) is 9.90 Å². The number of carbonyl (C=O) groups is 1. The first kappa shape index (κ1) is 15.9. The average molecular weight is 290 g/mol. The van der Waals surface area contributed by atoms with Gasteiger partial charge in [0.15, 0.2) is 0 Å². The molecule has 116 valence electrons. The van der Waals surface area contributed by atoms with E-state index in [1.165, 1.54) is 0 Å². The van der Waals surface area contributed by atoms with Crippen LogP contribution in [0.1, 0.15) is 69.9 Å². The molecule has 3 heteroatoms. The van der Waals surface area contributed by atoms with Gasteiger partial charge in [-0.15, -0.1) is 0 Å². The highest BCUT2D eigenvalue weighted by molar-refractivity contribution is 5.76. The molecule has 0 bridgehead atoms. The van der Waals surface area contributed by atoms with Crippen LogP contribution in [0.15, 0.2) is 18.2 Å². The third kappa shape index (κ3) is 3.58. The molecule has 1 aliphatic heterocycles. The summed E-state index contributed by atoms with van der Waals surface area (Å²) in [7, 11) is 0. The normalized spacial score (nSPS) is 17.7. The number of ether oxygens (including phenoxy) is 1. The highest BCUT2D eigenvalue weighted by atomic mass is 16.5. The SMILES string of the molecule is CCCCC[C@H](C(=O)O)c1ccc2c(c1)C(C)(C)CCO2. The topological polar surface area (TPSA) is 46.5 Å². The summed E-state index contributed by atoms with van der Waals surface area (Å²) < 4.78 is 5.71. The molecule has 1 N–H and O–H groups in total. The van der Waals surface area contributed by atoms with E-state index in [0.29, 0.717) is 6.42 Å². The Labute approximate surface area is 127 Å². The zero-order valence-corrected chi connectivity index (χ0v) is 13.3. The van der Waals surface area contributed by atoms with Crippen molar-refractivity contribution in [1.29, 1.82) is 0 Å². The first-order valence-corrected chi connectivity index (χ1v) is 7.95. The predicted octanol–water partition coefficient (Wildman–Crippen LogP) is 4.50. The Balaban J connectivity index is 2.28. The number of hydrogen-bond acceptors (Lipinski definition) is 2. The lowest BCUT2D eigenvalue weighted by molar-refractivity contribution is -0.139. The molecule has 0 fully saturated rings. The summed E-state index contributed by atoms with van der Waals surface area (Å²) in [6, 6.07) is 5.92. The second kappa shape index (κ2) is 6.50. The Bertz CT molecular complexity index is 505. The van der Waals surface area contributed by atoms with Crippen molar-refractivity contribution in [2.45, 2.75) is 64.2 Å². The molecule has 0 amide bonds. The monoisotopic (exact) mass is 290 g/mol. The Kier molecular flexibility index (Phi) is 4.92. The maximum Gasteiger partial charge on any atom is 0.310 e. The van der Waals surface area contributed by atoms with Crippen LogP contribution in [0.2, 0.25) is 0 Å². The standard InChI is InChI=1S/C18H26O3/c1-4-5-6-7-14(17(19)20)13-8-9-16-15(12-13)18(2,3)10-11-21-16/h8-9,12,14H,4-7,10-11H2,1-3H3,(H,19,20)/t14-/m0/s1. The van der Waals surface area contributed by atoms with Crippen LogP contribution in [-0.4, -0.2) is 17.7 Å². The van der Waals surface area contributed by atoms with Crippen LogP contribution >= 0.6 is 0 Å². The molecule has 0 saturated heterocycles. The number of rotatable bonds is 6. The second-order valence-corrected chi connectivity index (χ2v) is 6.62. The van der Waals surface area contributed by atoms with E-state index in [2.05, 4.69) is 26.8 Å². The van der Waals surface area contributed by atoms with Crippen molar-refractivity contribution in [3.8, 4) is 5.75 Å². The van der Waals surface area contributed by atoms with Crippen LogP contribution in [0, 0.1) is 0 Å². The highest BCUT2D eigenvalue weighted by Crippen LogP contribution is 2.40. The number of carboxylic acid groups (broad SMARTS) is 1. The summed E-state index contributed by atoms with van der Waals surface area (Å²) in [6.45, 7) is 7.27. The molecule has 0 radical (unpaired) electrons. The van der Waals surface area contributed by atoms with Gasteiger partial charge in [-0.2, -0.15) is 0 Å². The maximum absolute atomic E-state index is 11.6. The van der Waals surface area contributed by atoms with Crippen molar-refractivity contribution in [3.05, 3.63) is 29.3 Å². The average Bonchev–Trinajstić information content (AvgIpc) is 2.43. The molecule has 0 aromatic heterocycles. The van der Waals surface area contributed by atoms with E-state index >= 15 is 0 Å². The summed E-state index contributed by atoms with van der Waals surface area (Å²) in [6.07, 6.45) is 4.84. The lowest BCUT2D eigenvalue weighted by Gasteiger charge is -2.33. The fourth-order valence-corrected chi connectivity index (χ4v) is 3.00. The molecular weight excluding hydrogens is 264 g/mol. The Morgan fingerprint density at radius 1 is 1.38 bits per heavy atom. The zero-order valence-electron chi connectivity index (χ0n) is 13.3. The van der Waals surface area contributed by atoms with Crippen molar-refractivity contribution in [3.63, 3.8) is 0 Å². The van der Waals surface area contributed by atoms with Crippen molar-refractivity contribution >= 4 is 5.97 Å². The van der Waals surface area contributed by atoms with E-state index in [-0.39, 0.29) is 5.41 Å². The molecule has 1 heterocycles. The molecule has 0 saturated carbocycles. The number of aliphatic carboxylic acids is 1. The summed E-state index contributed by atoms with van der Waals surface area (Å²) in [5.41, 5.74) is 2.11. The summed E-state index contributed by atoms with van der Waals surface area (Å²) in [5, 5.41) is 9.53. The maximum atomic E-state index is 11.6. The number of benzene rings is 1. The van der Waals surface area contributed by atoms with E-state index in [1.54, 1.807) is 0 Å². The molecule has 0 unspecified atom stereocenters. The highest BCUT2D eigenvalue weighted by Gasteiger charge is 2.30. The van der Waals surface area contributed by atoms with Gasteiger partial charge in [-0.1, -0.05) is 52.2 Å². The fraction of sp³-hybridized carbons (Fsp3) is 0.611. The quantitative estimate of drug-likeness (QED) is 0.785. The van der Waals surface area contributed by atoms with E-state index < -0.39 is 11.9 Å². The molecule has 1 aliphatic rings. The lowest BCUT2D eigenvalue weighted by Crippen LogP contribution is -2.27. The zero-order chi connectivity index (χ0) is 15.5. The third-order valence-electron chi connectivity index (χ3n) is 4.51. The van der Waals surface area contributed by atoms with E-state index in [0.717, 1.165) is 49.2 Å². The van der Waals surface area contributed by atoms with Gasteiger partial charge in [-0.25, -0.2) is 0 Å². The van der Waals surface area contributed by atoms with Crippen molar-refractivity contribution in [1.82, 2.24) is 0 Å². The Morgan fingerprint density at radius 3 is 2.81 bits per heavy atom. The van der Waals surface area contributed by atoms with E-state index in [4.69, 9.17) is 4.74 Å². The smallest absolute Gasteiger partial charge is 0.310 e. The molecule has 1 aromatic rings. The van der Waals surface area contributed by atoms with Gasteiger partial charge in [-0.3, -0.25) is 4.79 Å². The van der Waals surface area contributed by atoms with Crippen molar-refractivity contribution in [2.75, 3.05) is 6.61 Å². The minimum absolute atomic E-state index is 0.0517. The molecule has 1 aromatic carbocycles. The summed E-state index contributed by atoms with van der Waals surface area (Å²) in [4.78, 5) is 11.6. The van der Waals surface area contributed by atoms with Gasteiger partial charge >= 0.3 is 5.97 Å². The number of fused-ring (bicyclic) bond motifs is 1. The molecule has 1 atom stereocenters. The third-order valence-corrected chi connectivity index (χ3v) is 4.51. The first-order valence-electron chi connectivity index (χ1n) is 7.95. The number of carboxylic acids is 1. The van der Waals surface area contributed by atoms with Crippen LogP contribution in [-0.2, 0) is 10.2 Å². The molecule has 21 heavy (non-hydrogen) atoms. The Morgan fingerprint density at radius 2 is 2.14 bits per heavy atom. The molecular formula is C18H26O3. The van der Waals surface area contributed by atoms with Crippen LogP contribution < -0.4 is 4.74 Å². The summed E-state index contributed by atoms with van der Waals surface area (Å²) in [5.74, 6) is -0.215. The minimum Gasteiger partial charge on any atom is -0.493 e. The van der Waals surface area contributed by atoms with Gasteiger partial charge in [-0.05, 0) is 29.9 Å². The largest absolute Gasteiger partial charge is 0.493 e. The second-order valence-electron chi connectivity index (χ2n) is 6.62. The minimum atomic E-state index is -0.722. The van der Waals surface area contributed by atoms with Crippen LogP contribution in [0.5, 0.6) is 5.75 Å².